The first-order chi connectivity index (χ1) is 11.8. The van der Waals surface area contributed by atoms with E-state index in [1.807, 2.05) is 29.6 Å². The molecule has 0 fully saturated rings. The van der Waals surface area contributed by atoms with Crippen LogP contribution in [0.25, 0.3) is 10.6 Å². The highest BCUT2D eigenvalue weighted by atomic mass is 32.1. The number of pyridine rings is 1. The average Bonchev–Trinajstić information content (AvgIpc) is 3.11. The van der Waals surface area contributed by atoms with Gasteiger partial charge < -0.3 is 10.1 Å². The van der Waals surface area contributed by atoms with Gasteiger partial charge in [-0.05, 0) is 24.3 Å². The van der Waals surface area contributed by atoms with Crippen molar-refractivity contribution in [3.8, 4) is 16.3 Å². The van der Waals surface area contributed by atoms with E-state index in [1.54, 1.807) is 43.0 Å². The second-order valence-electron chi connectivity index (χ2n) is 5.09. The van der Waals surface area contributed by atoms with Gasteiger partial charge in [-0.25, -0.2) is 4.98 Å². The summed E-state index contributed by atoms with van der Waals surface area (Å²) in [5.41, 5.74) is 2.56. The third-order valence-corrected chi connectivity index (χ3v) is 4.44. The third kappa shape index (κ3) is 3.78. The first-order valence-corrected chi connectivity index (χ1v) is 8.42. The lowest BCUT2D eigenvalue weighted by molar-refractivity contribution is 0.0951. The maximum atomic E-state index is 12.2. The molecule has 1 aromatic carbocycles. The molecule has 2 aromatic heterocycles. The van der Waals surface area contributed by atoms with Crippen LogP contribution in [0.3, 0.4) is 0 Å². The molecule has 0 aliphatic heterocycles. The van der Waals surface area contributed by atoms with Gasteiger partial charge in [0.1, 0.15) is 10.8 Å². The van der Waals surface area contributed by atoms with Gasteiger partial charge >= 0.3 is 0 Å². The van der Waals surface area contributed by atoms with Crippen LogP contribution in [0.4, 0.5) is 0 Å². The van der Waals surface area contributed by atoms with Crippen molar-refractivity contribution in [2.75, 3.05) is 13.7 Å². The van der Waals surface area contributed by atoms with E-state index in [-0.39, 0.29) is 5.91 Å². The Morgan fingerprint density at radius 1 is 1.21 bits per heavy atom. The van der Waals surface area contributed by atoms with Crippen LogP contribution >= 0.6 is 11.3 Å². The number of ether oxygens (including phenoxy) is 1. The summed E-state index contributed by atoms with van der Waals surface area (Å²) < 4.78 is 5.21. The predicted molar refractivity (Wildman–Crippen MR) is 94.4 cm³/mol. The number of nitrogens with one attached hydrogen (secondary N) is 1. The number of nitrogens with zero attached hydrogens (tertiary/aromatic N) is 2. The first-order valence-electron chi connectivity index (χ1n) is 7.54. The Morgan fingerprint density at radius 3 is 2.79 bits per heavy atom. The summed E-state index contributed by atoms with van der Waals surface area (Å²) in [6.07, 6.45) is 4.19. The zero-order chi connectivity index (χ0) is 16.8. The molecule has 5 nitrogen and oxygen atoms in total. The van der Waals surface area contributed by atoms with Crippen LogP contribution in [0.2, 0.25) is 0 Å². The van der Waals surface area contributed by atoms with E-state index in [9.17, 15) is 4.79 Å². The van der Waals surface area contributed by atoms with E-state index < -0.39 is 0 Å². The van der Waals surface area contributed by atoms with Crippen molar-refractivity contribution in [1.82, 2.24) is 15.3 Å². The molecular weight excluding hydrogens is 322 g/mol. The summed E-state index contributed by atoms with van der Waals surface area (Å²) in [4.78, 5) is 20.8. The van der Waals surface area contributed by atoms with Crippen LogP contribution in [0.5, 0.6) is 5.75 Å². The molecule has 0 aliphatic carbocycles. The van der Waals surface area contributed by atoms with E-state index in [1.165, 1.54) is 0 Å². The SMILES string of the molecule is COc1ccccc1C(=O)NCCc1csc(-c2ccncc2)n1. The number of hydrogen-bond donors (Lipinski definition) is 1. The Labute approximate surface area is 144 Å². The number of methoxy groups -OCH3 is 1. The Hall–Kier alpha value is -2.73. The van der Waals surface area contributed by atoms with Gasteiger partial charge in [0.25, 0.3) is 5.91 Å². The van der Waals surface area contributed by atoms with Crippen molar-refractivity contribution >= 4 is 17.2 Å². The maximum absolute atomic E-state index is 12.2. The molecule has 1 amide bonds. The smallest absolute Gasteiger partial charge is 0.255 e. The Balaban J connectivity index is 1.57. The van der Waals surface area contributed by atoms with Crippen LogP contribution in [0, 0.1) is 0 Å². The Morgan fingerprint density at radius 2 is 2.00 bits per heavy atom. The zero-order valence-corrected chi connectivity index (χ0v) is 14.0. The number of benzene rings is 1. The predicted octanol–water partition coefficient (Wildman–Crippen LogP) is 3.19. The number of carbonyl (C=O) groups is 1. The molecule has 0 saturated carbocycles. The maximum Gasteiger partial charge on any atom is 0.255 e. The zero-order valence-electron chi connectivity index (χ0n) is 13.2. The third-order valence-electron chi connectivity index (χ3n) is 3.50. The van der Waals surface area contributed by atoms with Crippen LogP contribution in [0.15, 0.2) is 54.2 Å². The topological polar surface area (TPSA) is 64.1 Å². The molecule has 0 spiro atoms. The van der Waals surface area contributed by atoms with Gasteiger partial charge in [0, 0.05) is 36.3 Å². The monoisotopic (exact) mass is 339 g/mol. The number of rotatable bonds is 6. The molecule has 0 atom stereocenters. The lowest BCUT2D eigenvalue weighted by Gasteiger charge is -2.08. The highest BCUT2D eigenvalue weighted by Crippen LogP contribution is 2.23. The molecular formula is C18H17N3O2S. The molecule has 0 radical (unpaired) electrons. The largest absolute Gasteiger partial charge is 0.496 e. The molecule has 24 heavy (non-hydrogen) atoms. The molecule has 3 aromatic rings. The number of amides is 1. The fraction of sp³-hybridized carbons (Fsp3) is 0.167. The fourth-order valence-electron chi connectivity index (χ4n) is 2.28. The summed E-state index contributed by atoms with van der Waals surface area (Å²) in [7, 11) is 1.56. The molecule has 0 unspecified atom stereocenters. The normalized spacial score (nSPS) is 10.4. The highest BCUT2D eigenvalue weighted by molar-refractivity contribution is 7.13. The minimum absolute atomic E-state index is 0.142. The second-order valence-corrected chi connectivity index (χ2v) is 5.94. The van der Waals surface area contributed by atoms with Crippen LogP contribution in [0.1, 0.15) is 16.1 Å². The van der Waals surface area contributed by atoms with Crippen LogP contribution < -0.4 is 10.1 Å². The van der Waals surface area contributed by atoms with Gasteiger partial charge in [-0.15, -0.1) is 11.3 Å². The van der Waals surface area contributed by atoms with Crippen molar-refractivity contribution < 1.29 is 9.53 Å². The van der Waals surface area contributed by atoms with E-state index in [0.29, 0.717) is 24.3 Å². The minimum atomic E-state index is -0.142. The van der Waals surface area contributed by atoms with Gasteiger partial charge in [0.2, 0.25) is 0 Å². The van der Waals surface area contributed by atoms with Crippen molar-refractivity contribution in [2.24, 2.45) is 0 Å². The van der Waals surface area contributed by atoms with Gasteiger partial charge in [-0.1, -0.05) is 12.1 Å². The van der Waals surface area contributed by atoms with Gasteiger partial charge in [-0.3, -0.25) is 9.78 Å². The van der Waals surface area contributed by atoms with Crippen molar-refractivity contribution in [2.45, 2.75) is 6.42 Å². The number of aromatic nitrogens is 2. The summed E-state index contributed by atoms with van der Waals surface area (Å²) in [5, 5.41) is 5.89. The molecule has 6 heteroatoms. The van der Waals surface area contributed by atoms with Crippen molar-refractivity contribution in [3.05, 3.63) is 65.4 Å². The lowest BCUT2D eigenvalue weighted by atomic mass is 10.2. The first kappa shape index (κ1) is 16.1. The van der Waals surface area contributed by atoms with Gasteiger partial charge in [-0.2, -0.15) is 0 Å². The standard InChI is InChI=1S/C18H17N3O2S/c1-23-16-5-3-2-4-15(16)17(22)20-11-8-14-12-24-18(21-14)13-6-9-19-10-7-13/h2-7,9-10,12H,8,11H2,1H3,(H,20,22). The summed E-state index contributed by atoms with van der Waals surface area (Å²) >= 11 is 1.59. The molecule has 0 saturated heterocycles. The fourth-order valence-corrected chi connectivity index (χ4v) is 3.14. The minimum Gasteiger partial charge on any atom is -0.496 e. The van der Waals surface area contributed by atoms with Crippen molar-refractivity contribution in [1.29, 1.82) is 0 Å². The quantitative estimate of drug-likeness (QED) is 0.749. The Kier molecular flexibility index (Phi) is 5.18. The Bertz CT molecular complexity index is 818. The number of hydrogen-bond acceptors (Lipinski definition) is 5. The highest BCUT2D eigenvalue weighted by Gasteiger charge is 2.11. The lowest BCUT2D eigenvalue weighted by Crippen LogP contribution is -2.26. The summed E-state index contributed by atoms with van der Waals surface area (Å²) in [5.74, 6) is 0.431. The van der Waals surface area contributed by atoms with Crippen molar-refractivity contribution in [3.63, 3.8) is 0 Å². The van der Waals surface area contributed by atoms with E-state index >= 15 is 0 Å². The van der Waals surface area contributed by atoms with Gasteiger partial charge in [0.15, 0.2) is 0 Å². The molecule has 3 rings (SSSR count). The van der Waals surface area contributed by atoms with E-state index in [4.69, 9.17) is 4.74 Å². The summed E-state index contributed by atoms with van der Waals surface area (Å²) in [6, 6.07) is 11.1. The second kappa shape index (κ2) is 7.70. The van der Waals surface area contributed by atoms with E-state index in [2.05, 4.69) is 15.3 Å². The number of thiazole rings is 1. The molecule has 122 valence electrons. The number of carbonyl (C=O) groups excluding carboxylic acids is 1. The molecule has 0 aliphatic rings. The summed E-state index contributed by atoms with van der Waals surface area (Å²) in [6.45, 7) is 0.524. The van der Waals surface area contributed by atoms with Gasteiger partial charge in [0.05, 0.1) is 18.4 Å². The van der Waals surface area contributed by atoms with Crippen LogP contribution in [-0.2, 0) is 6.42 Å². The molecule has 0 bridgehead atoms. The average molecular weight is 339 g/mol. The van der Waals surface area contributed by atoms with Crippen LogP contribution in [-0.4, -0.2) is 29.5 Å². The van der Waals surface area contributed by atoms with E-state index in [0.717, 1.165) is 16.3 Å². The molecule has 2 heterocycles. The number of para-hydroxylation sites is 1. The molecule has 1 N–H and O–H groups in total.